The second kappa shape index (κ2) is 8.28. The fourth-order valence-electron chi connectivity index (χ4n) is 4.29. The highest BCUT2D eigenvalue weighted by atomic mass is 19.1. The van der Waals surface area contributed by atoms with Crippen LogP contribution in [0.2, 0.25) is 0 Å². The van der Waals surface area contributed by atoms with Crippen LogP contribution >= 0.6 is 0 Å². The Labute approximate surface area is 155 Å². The third-order valence-corrected chi connectivity index (χ3v) is 5.74. The van der Waals surface area contributed by atoms with Crippen molar-refractivity contribution in [1.29, 1.82) is 0 Å². The van der Waals surface area contributed by atoms with Crippen molar-refractivity contribution in [1.82, 2.24) is 9.88 Å². The number of benzene rings is 1. The van der Waals surface area contributed by atoms with Gasteiger partial charge in [0.1, 0.15) is 5.82 Å². The third-order valence-electron chi connectivity index (χ3n) is 5.74. The van der Waals surface area contributed by atoms with Crippen LogP contribution in [0.3, 0.4) is 0 Å². The van der Waals surface area contributed by atoms with Crippen LogP contribution in [-0.2, 0) is 11.2 Å². The van der Waals surface area contributed by atoms with E-state index in [9.17, 15) is 4.39 Å². The standard InChI is InChI=1S/C22H27FN2O/c23-21-8-2-1-5-17(21)15-19-7-3-9-22(24-19)18-6-4-12-25(16-18)20-10-13-26-14-11-20/h1-3,5,7-9,18,20H,4,6,10-16H2/t18-/m1/s1. The van der Waals surface area contributed by atoms with Gasteiger partial charge >= 0.3 is 0 Å². The summed E-state index contributed by atoms with van der Waals surface area (Å²) in [5, 5.41) is 0. The van der Waals surface area contributed by atoms with E-state index in [2.05, 4.69) is 17.0 Å². The summed E-state index contributed by atoms with van der Waals surface area (Å²) in [4.78, 5) is 7.54. The van der Waals surface area contributed by atoms with E-state index in [0.717, 1.165) is 44.0 Å². The van der Waals surface area contributed by atoms with Crippen molar-refractivity contribution < 1.29 is 9.13 Å². The lowest BCUT2D eigenvalue weighted by molar-refractivity contribution is 0.0237. The summed E-state index contributed by atoms with van der Waals surface area (Å²) in [5.74, 6) is 0.329. The summed E-state index contributed by atoms with van der Waals surface area (Å²) in [7, 11) is 0. The Bertz CT molecular complexity index is 730. The van der Waals surface area contributed by atoms with E-state index < -0.39 is 0 Å². The largest absolute Gasteiger partial charge is 0.381 e. The van der Waals surface area contributed by atoms with Crippen LogP contribution in [0.5, 0.6) is 0 Å². The van der Waals surface area contributed by atoms with Crippen molar-refractivity contribution in [3.05, 3.63) is 65.2 Å². The van der Waals surface area contributed by atoms with Crippen molar-refractivity contribution in [2.45, 2.75) is 44.1 Å². The van der Waals surface area contributed by atoms with Gasteiger partial charge in [-0.1, -0.05) is 24.3 Å². The topological polar surface area (TPSA) is 25.4 Å². The maximum absolute atomic E-state index is 13.9. The zero-order chi connectivity index (χ0) is 17.8. The van der Waals surface area contributed by atoms with Gasteiger partial charge in [0.05, 0.1) is 0 Å². The molecule has 2 aromatic rings. The summed E-state index contributed by atoms with van der Waals surface area (Å²) in [6.07, 6.45) is 5.26. The Kier molecular flexibility index (Phi) is 5.61. The number of rotatable bonds is 4. The van der Waals surface area contributed by atoms with Gasteiger partial charge in [-0.2, -0.15) is 0 Å². The predicted molar refractivity (Wildman–Crippen MR) is 101 cm³/mol. The van der Waals surface area contributed by atoms with Gasteiger partial charge in [0.15, 0.2) is 0 Å². The molecule has 1 atom stereocenters. The first-order chi connectivity index (χ1) is 12.8. The van der Waals surface area contributed by atoms with Crippen molar-refractivity contribution >= 4 is 0 Å². The van der Waals surface area contributed by atoms with Crippen molar-refractivity contribution in [2.24, 2.45) is 0 Å². The van der Waals surface area contributed by atoms with Crippen LogP contribution < -0.4 is 0 Å². The quantitative estimate of drug-likeness (QED) is 0.824. The summed E-state index contributed by atoms with van der Waals surface area (Å²) in [6.45, 7) is 4.06. The molecule has 2 saturated heterocycles. The van der Waals surface area contributed by atoms with E-state index in [0.29, 0.717) is 23.9 Å². The van der Waals surface area contributed by atoms with E-state index in [1.807, 2.05) is 18.2 Å². The molecule has 3 nitrogen and oxygen atoms in total. The van der Waals surface area contributed by atoms with Gasteiger partial charge in [-0.05, 0) is 56.0 Å². The SMILES string of the molecule is Fc1ccccc1Cc1cccc([C@@H]2CCCN(C3CCOCC3)C2)n1. The number of pyridine rings is 1. The molecule has 0 N–H and O–H groups in total. The molecule has 2 aliphatic rings. The molecule has 3 heterocycles. The Morgan fingerprint density at radius 3 is 2.73 bits per heavy atom. The van der Waals surface area contributed by atoms with Crippen LogP contribution in [0.25, 0.3) is 0 Å². The molecule has 0 saturated carbocycles. The third kappa shape index (κ3) is 4.13. The van der Waals surface area contributed by atoms with Crippen molar-refractivity contribution in [2.75, 3.05) is 26.3 Å². The number of halogens is 1. The number of nitrogens with zero attached hydrogens (tertiary/aromatic N) is 2. The molecule has 0 aliphatic carbocycles. The molecule has 0 radical (unpaired) electrons. The molecular weight excluding hydrogens is 327 g/mol. The molecule has 4 heteroatoms. The lowest BCUT2D eigenvalue weighted by Gasteiger charge is -2.39. The van der Waals surface area contributed by atoms with Crippen molar-refractivity contribution in [3.8, 4) is 0 Å². The smallest absolute Gasteiger partial charge is 0.126 e. The highest BCUT2D eigenvalue weighted by Gasteiger charge is 2.28. The Hall–Kier alpha value is -1.78. The number of hydrogen-bond acceptors (Lipinski definition) is 3. The molecule has 0 bridgehead atoms. The first-order valence-corrected chi connectivity index (χ1v) is 9.80. The van der Waals surface area contributed by atoms with Crippen LogP contribution in [0.15, 0.2) is 42.5 Å². The molecule has 138 valence electrons. The second-order valence-electron chi connectivity index (χ2n) is 7.50. The first kappa shape index (κ1) is 17.6. The Balaban J connectivity index is 1.46. The predicted octanol–water partition coefficient (Wildman–Crippen LogP) is 4.17. The summed E-state index contributed by atoms with van der Waals surface area (Å²) < 4.78 is 19.5. The van der Waals surface area contributed by atoms with Gasteiger partial charge in [-0.3, -0.25) is 9.88 Å². The van der Waals surface area contributed by atoms with Gasteiger partial charge < -0.3 is 4.74 Å². The average molecular weight is 354 g/mol. The lowest BCUT2D eigenvalue weighted by atomic mass is 9.91. The number of aromatic nitrogens is 1. The molecular formula is C22H27FN2O. The zero-order valence-corrected chi connectivity index (χ0v) is 15.2. The highest BCUT2D eigenvalue weighted by molar-refractivity contribution is 5.25. The summed E-state index contributed by atoms with van der Waals surface area (Å²) in [5.41, 5.74) is 2.83. The second-order valence-corrected chi connectivity index (χ2v) is 7.50. The normalized spacial score (nSPS) is 22.4. The van der Waals surface area contributed by atoms with Gasteiger partial charge in [-0.25, -0.2) is 4.39 Å². The molecule has 0 amide bonds. The van der Waals surface area contributed by atoms with Gasteiger partial charge in [0, 0.05) is 49.5 Å². The summed E-state index contributed by atoms with van der Waals surface area (Å²) in [6, 6.07) is 13.9. The minimum Gasteiger partial charge on any atom is -0.381 e. The molecule has 2 aliphatic heterocycles. The van der Waals surface area contributed by atoms with Gasteiger partial charge in [0.2, 0.25) is 0 Å². The molecule has 0 spiro atoms. The van der Waals surface area contributed by atoms with Crippen LogP contribution in [0.1, 0.15) is 48.6 Å². The molecule has 26 heavy (non-hydrogen) atoms. The number of likely N-dealkylation sites (tertiary alicyclic amines) is 1. The molecule has 2 fully saturated rings. The number of piperidine rings is 1. The van der Waals surface area contributed by atoms with Gasteiger partial charge in [-0.15, -0.1) is 0 Å². The average Bonchev–Trinajstić information content (AvgIpc) is 2.71. The fraction of sp³-hybridized carbons (Fsp3) is 0.500. The fourth-order valence-corrected chi connectivity index (χ4v) is 4.29. The van der Waals surface area contributed by atoms with Crippen LogP contribution in [0, 0.1) is 5.82 Å². The van der Waals surface area contributed by atoms with Crippen LogP contribution in [-0.4, -0.2) is 42.2 Å². The minimum absolute atomic E-state index is 0.150. The molecule has 1 aromatic carbocycles. The van der Waals surface area contributed by atoms with Gasteiger partial charge in [0.25, 0.3) is 0 Å². The maximum Gasteiger partial charge on any atom is 0.126 e. The van der Waals surface area contributed by atoms with E-state index in [1.54, 1.807) is 6.07 Å². The first-order valence-electron chi connectivity index (χ1n) is 9.80. The molecule has 4 rings (SSSR count). The van der Waals surface area contributed by atoms with E-state index >= 15 is 0 Å². The van der Waals surface area contributed by atoms with Crippen LogP contribution in [0.4, 0.5) is 4.39 Å². The molecule has 1 aromatic heterocycles. The summed E-state index contributed by atoms with van der Waals surface area (Å²) >= 11 is 0. The molecule has 0 unspecified atom stereocenters. The van der Waals surface area contributed by atoms with E-state index in [4.69, 9.17) is 9.72 Å². The van der Waals surface area contributed by atoms with E-state index in [-0.39, 0.29) is 5.82 Å². The Morgan fingerprint density at radius 1 is 1.04 bits per heavy atom. The minimum atomic E-state index is -0.150. The monoisotopic (exact) mass is 354 g/mol. The van der Waals surface area contributed by atoms with Crippen molar-refractivity contribution in [3.63, 3.8) is 0 Å². The number of ether oxygens (including phenoxy) is 1. The number of hydrogen-bond donors (Lipinski definition) is 0. The zero-order valence-electron chi connectivity index (χ0n) is 15.2. The lowest BCUT2D eigenvalue weighted by Crippen LogP contribution is -2.44. The highest BCUT2D eigenvalue weighted by Crippen LogP contribution is 2.29. The Morgan fingerprint density at radius 2 is 1.88 bits per heavy atom. The maximum atomic E-state index is 13.9. The van der Waals surface area contributed by atoms with E-state index in [1.165, 1.54) is 25.5 Å².